The lowest BCUT2D eigenvalue weighted by Gasteiger charge is -2.31. The molecule has 0 aromatic heterocycles. The zero-order valence-corrected chi connectivity index (χ0v) is 22.8. The molecule has 0 aliphatic rings. The number of aryl methyl sites for hydroxylation is 2. The van der Waals surface area contributed by atoms with Crippen LogP contribution in [0.2, 0.25) is 0 Å². The summed E-state index contributed by atoms with van der Waals surface area (Å²) in [4.78, 5) is 0.151. The fraction of sp³-hybridized carbons (Fsp3) is 0.172. The van der Waals surface area contributed by atoms with Crippen LogP contribution in [0.15, 0.2) is 119 Å². The van der Waals surface area contributed by atoms with Gasteiger partial charge in [0.15, 0.2) is 0 Å². The number of aliphatic hydroxyl groups excluding tert-OH is 1. The quantitative estimate of drug-likeness (QED) is 0.307. The lowest BCUT2D eigenvalue weighted by Crippen LogP contribution is -2.44. The topological polar surface area (TPSA) is 95.0 Å². The molecule has 0 atom stereocenters. The van der Waals surface area contributed by atoms with Crippen LogP contribution in [0.3, 0.4) is 0 Å². The second-order valence-electron chi connectivity index (χ2n) is 9.02. The number of nitrogens with zero attached hydrogens (tertiary/aromatic N) is 2. The molecule has 0 radical (unpaired) electrons. The predicted octanol–water partition coefficient (Wildman–Crippen LogP) is 4.76. The van der Waals surface area contributed by atoms with E-state index in [1.807, 2.05) is 13.8 Å². The Labute approximate surface area is 224 Å². The first kappa shape index (κ1) is 27.4. The molecule has 38 heavy (non-hydrogen) atoms. The van der Waals surface area contributed by atoms with Gasteiger partial charge < -0.3 is 5.11 Å². The molecule has 198 valence electrons. The first-order valence-electron chi connectivity index (χ1n) is 12.1. The molecular formula is C29H30N2O5S2. The van der Waals surface area contributed by atoms with E-state index in [0.29, 0.717) is 11.4 Å². The van der Waals surface area contributed by atoms with Crippen LogP contribution in [0.25, 0.3) is 0 Å². The molecular weight excluding hydrogens is 520 g/mol. The Hall–Kier alpha value is -3.66. The highest BCUT2D eigenvalue weighted by molar-refractivity contribution is 7.93. The summed E-state index contributed by atoms with van der Waals surface area (Å²) in [6.07, 6.45) is -1.35. The Balaban J connectivity index is 1.69. The van der Waals surface area contributed by atoms with E-state index in [-0.39, 0.29) is 22.9 Å². The van der Waals surface area contributed by atoms with Gasteiger partial charge >= 0.3 is 0 Å². The highest BCUT2D eigenvalue weighted by atomic mass is 32.2. The van der Waals surface area contributed by atoms with Gasteiger partial charge in [0.1, 0.15) is 0 Å². The van der Waals surface area contributed by atoms with Gasteiger partial charge in [0, 0.05) is 0 Å². The minimum atomic E-state index is -4.05. The van der Waals surface area contributed by atoms with Gasteiger partial charge in [-0.3, -0.25) is 8.61 Å². The Morgan fingerprint density at radius 1 is 0.553 bits per heavy atom. The van der Waals surface area contributed by atoms with Crippen LogP contribution >= 0.6 is 0 Å². The number of hydrogen-bond acceptors (Lipinski definition) is 5. The van der Waals surface area contributed by atoms with E-state index in [1.54, 1.807) is 84.9 Å². The minimum absolute atomic E-state index is 0.0753. The first-order valence-corrected chi connectivity index (χ1v) is 14.9. The minimum Gasteiger partial charge on any atom is -0.389 e. The number of rotatable bonds is 10. The summed E-state index contributed by atoms with van der Waals surface area (Å²) in [6.45, 7) is 3.02. The molecule has 0 saturated carbocycles. The largest absolute Gasteiger partial charge is 0.389 e. The molecule has 0 fully saturated rings. The number of sulfonamides is 2. The fourth-order valence-electron chi connectivity index (χ4n) is 3.99. The van der Waals surface area contributed by atoms with Crippen molar-refractivity contribution in [3.05, 3.63) is 120 Å². The van der Waals surface area contributed by atoms with E-state index in [2.05, 4.69) is 0 Å². The lowest BCUT2D eigenvalue weighted by molar-refractivity contribution is 0.193. The molecule has 0 aliphatic heterocycles. The Morgan fingerprint density at radius 3 is 1.18 bits per heavy atom. The third-order valence-electron chi connectivity index (χ3n) is 6.06. The van der Waals surface area contributed by atoms with Crippen LogP contribution in [0.4, 0.5) is 11.4 Å². The van der Waals surface area contributed by atoms with Crippen molar-refractivity contribution in [1.29, 1.82) is 0 Å². The molecule has 0 bridgehead atoms. The van der Waals surface area contributed by atoms with Crippen molar-refractivity contribution in [2.75, 3.05) is 21.7 Å². The number of benzene rings is 4. The average molecular weight is 551 g/mol. The van der Waals surface area contributed by atoms with Gasteiger partial charge in [0.2, 0.25) is 0 Å². The monoisotopic (exact) mass is 550 g/mol. The highest BCUT2D eigenvalue weighted by Crippen LogP contribution is 2.27. The average Bonchev–Trinajstić information content (AvgIpc) is 2.91. The van der Waals surface area contributed by atoms with Gasteiger partial charge in [-0.1, -0.05) is 71.8 Å². The fourth-order valence-corrected chi connectivity index (χ4v) is 6.99. The molecule has 0 saturated heterocycles. The van der Waals surface area contributed by atoms with Crippen molar-refractivity contribution in [2.24, 2.45) is 0 Å². The maximum atomic E-state index is 13.7. The van der Waals surface area contributed by atoms with Crippen LogP contribution < -0.4 is 8.61 Å². The lowest BCUT2D eigenvalue weighted by atomic mass is 10.2. The Bertz CT molecular complexity index is 1440. The molecule has 0 unspecified atom stereocenters. The number of aliphatic hydroxyl groups is 1. The van der Waals surface area contributed by atoms with Gasteiger partial charge in [-0.25, -0.2) is 16.8 Å². The number of para-hydroxylation sites is 2. The van der Waals surface area contributed by atoms with Gasteiger partial charge in [0.25, 0.3) is 20.0 Å². The first-order chi connectivity index (χ1) is 18.1. The van der Waals surface area contributed by atoms with Crippen LogP contribution in [0.5, 0.6) is 0 Å². The van der Waals surface area contributed by atoms with Crippen LogP contribution in [-0.2, 0) is 20.0 Å². The second-order valence-corrected chi connectivity index (χ2v) is 12.7. The molecule has 0 spiro atoms. The summed E-state index contributed by atoms with van der Waals surface area (Å²) in [5.74, 6) is 0. The Kier molecular flexibility index (Phi) is 8.20. The van der Waals surface area contributed by atoms with E-state index >= 15 is 0 Å². The van der Waals surface area contributed by atoms with Crippen molar-refractivity contribution in [2.45, 2.75) is 29.7 Å². The number of anilines is 2. The molecule has 0 amide bonds. The van der Waals surface area contributed by atoms with E-state index < -0.39 is 26.2 Å². The molecule has 4 aromatic carbocycles. The Morgan fingerprint density at radius 2 is 0.868 bits per heavy atom. The van der Waals surface area contributed by atoms with Crippen LogP contribution in [0, 0.1) is 13.8 Å². The van der Waals surface area contributed by atoms with Crippen molar-refractivity contribution >= 4 is 31.4 Å². The molecule has 4 rings (SSSR count). The SMILES string of the molecule is Cc1ccc(S(=O)(=O)N(CC(O)CN(c2ccccc2)S(=O)(=O)c2ccc(C)cc2)c2ccccc2)cc1. The molecule has 7 nitrogen and oxygen atoms in total. The maximum Gasteiger partial charge on any atom is 0.264 e. The third kappa shape index (κ3) is 6.07. The van der Waals surface area contributed by atoms with Crippen molar-refractivity contribution in [3.8, 4) is 0 Å². The molecule has 1 N–H and O–H groups in total. The van der Waals surface area contributed by atoms with E-state index in [9.17, 15) is 21.9 Å². The zero-order valence-electron chi connectivity index (χ0n) is 21.2. The summed E-state index contributed by atoms with van der Waals surface area (Å²) in [5, 5.41) is 11.2. The maximum absolute atomic E-state index is 13.7. The summed E-state index contributed by atoms with van der Waals surface area (Å²) in [6, 6.07) is 29.8. The van der Waals surface area contributed by atoms with E-state index in [0.717, 1.165) is 19.7 Å². The van der Waals surface area contributed by atoms with Crippen molar-refractivity contribution in [3.63, 3.8) is 0 Å². The smallest absolute Gasteiger partial charge is 0.264 e. The summed E-state index contributed by atoms with van der Waals surface area (Å²) < 4.78 is 56.9. The standard InChI is InChI=1S/C29H30N2O5S2/c1-23-13-17-28(18-14-23)37(33,34)30(25-9-5-3-6-10-25)21-27(32)22-31(26-11-7-4-8-12-26)38(35,36)29-19-15-24(2)16-20-29/h3-20,27,32H,21-22H2,1-2H3. The molecule has 0 heterocycles. The van der Waals surface area contributed by atoms with Crippen molar-refractivity contribution in [1.82, 2.24) is 0 Å². The summed E-state index contributed by atoms with van der Waals surface area (Å²) in [7, 11) is -8.11. The highest BCUT2D eigenvalue weighted by Gasteiger charge is 2.31. The number of hydrogen-bond donors (Lipinski definition) is 1. The van der Waals surface area contributed by atoms with E-state index in [1.165, 1.54) is 24.3 Å². The van der Waals surface area contributed by atoms with Crippen molar-refractivity contribution < 1.29 is 21.9 Å². The summed E-state index contributed by atoms with van der Waals surface area (Å²) in [5.41, 5.74) is 2.55. The van der Waals surface area contributed by atoms with Crippen LogP contribution in [0.1, 0.15) is 11.1 Å². The summed E-state index contributed by atoms with van der Waals surface area (Å²) >= 11 is 0. The molecule has 9 heteroatoms. The predicted molar refractivity (Wildman–Crippen MR) is 150 cm³/mol. The third-order valence-corrected chi connectivity index (χ3v) is 9.68. The van der Waals surface area contributed by atoms with Gasteiger partial charge in [-0.2, -0.15) is 0 Å². The normalized spacial score (nSPS) is 11.9. The van der Waals surface area contributed by atoms with Gasteiger partial charge in [-0.05, 0) is 62.4 Å². The van der Waals surface area contributed by atoms with Crippen LogP contribution in [-0.4, -0.2) is 41.1 Å². The molecule has 0 aliphatic carbocycles. The molecule has 4 aromatic rings. The van der Waals surface area contributed by atoms with E-state index in [4.69, 9.17) is 0 Å². The second kappa shape index (κ2) is 11.4. The van der Waals surface area contributed by atoms with Gasteiger partial charge in [-0.15, -0.1) is 0 Å². The zero-order chi connectivity index (χ0) is 27.3. The van der Waals surface area contributed by atoms with Gasteiger partial charge in [0.05, 0.1) is 40.4 Å².